The van der Waals surface area contributed by atoms with Crippen molar-refractivity contribution in [1.82, 2.24) is 19.1 Å². The molecule has 1 aliphatic carbocycles. The Labute approximate surface area is 220 Å². The third kappa shape index (κ3) is 5.99. The lowest BCUT2D eigenvalue weighted by atomic mass is 10.2. The summed E-state index contributed by atoms with van der Waals surface area (Å²) in [5, 5.41) is 7.04. The summed E-state index contributed by atoms with van der Waals surface area (Å²) in [4.78, 5) is 30.2. The zero-order valence-corrected chi connectivity index (χ0v) is 21.1. The Kier molecular flexibility index (Phi) is 7.93. The third-order valence-corrected chi connectivity index (χ3v) is 7.66. The molecule has 1 aromatic carbocycles. The van der Waals surface area contributed by atoms with Gasteiger partial charge in [-0.1, -0.05) is 11.9 Å². The van der Waals surface area contributed by atoms with Gasteiger partial charge in [0.25, 0.3) is 0 Å². The van der Waals surface area contributed by atoms with Gasteiger partial charge in [-0.25, -0.2) is 17.5 Å². The van der Waals surface area contributed by atoms with Crippen molar-refractivity contribution >= 4 is 23.3 Å². The molecule has 2 aromatic heterocycles. The fourth-order valence-corrected chi connectivity index (χ4v) is 5.45. The van der Waals surface area contributed by atoms with E-state index in [0.717, 1.165) is 22.5 Å². The second-order valence-electron chi connectivity index (χ2n) is 9.14. The molecule has 0 radical (unpaired) electrons. The summed E-state index contributed by atoms with van der Waals surface area (Å²) < 4.78 is 50.6. The van der Waals surface area contributed by atoms with Gasteiger partial charge in [-0.3, -0.25) is 9.78 Å². The molecule has 2 unspecified atom stereocenters. The molecule has 3 heterocycles. The number of anilines is 1. The number of benzene rings is 1. The summed E-state index contributed by atoms with van der Waals surface area (Å²) in [6.45, 7) is 2.49. The minimum Gasteiger partial charge on any atom is -0.483 e. The molecule has 38 heavy (non-hydrogen) atoms. The topological polar surface area (TPSA) is 92.9 Å². The fourth-order valence-electron chi connectivity index (χ4n) is 4.54. The zero-order chi connectivity index (χ0) is 26.6. The van der Waals surface area contributed by atoms with Crippen LogP contribution in [0.2, 0.25) is 0 Å². The molecule has 1 saturated heterocycles. The summed E-state index contributed by atoms with van der Waals surface area (Å²) in [7, 11) is 0. The Balaban J connectivity index is 1.33. The Hall–Kier alpha value is -3.45. The first-order valence-electron chi connectivity index (χ1n) is 12.2. The first-order chi connectivity index (χ1) is 18.4. The van der Waals surface area contributed by atoms with Gasteiger partial charge >= 0.3 is 5.56 Å². The lowest BCUT2D eigenvalue weighted by Crippen LogP contribution is -2.44. The van der Waals surface area contributed by atoms with Gasteiger partial charge in [0.05, 0.1) is 29.5 Å². The van der Waals surface area contributed by atoms with E-state index in [1.54, 1.807) is 24.1 Å². The molecule has 3 aromatic rings. The number of halogens is 3. The highest BCUT2D eigenvalue weighted by Crippen LogP contribution is 2.32. The maximum atomic E-state index is 13.8. The minimum atomic E-state index is -0.995. The van der Waals surface area contributed by atoms with Crippen molar-refractivity contribution in [3.8, 4) is 11.4 Å². The van der Waals surface area contributed by atoms with E-state index in [2.05, 4.69) is 19.6 Å². The van der Waals surface area contributed by atoms with Gasteiger partial charge in [-0.2, -0.15) is 9.78 Å². The van der Waals surface area contributed by atoms with Gasteiger partial charge in [0.2, 0.25) is 5.75 Å². The Morgan fingerprint density at radius 1 is 1.05 bits per heavy atom. The number of nitroso groups, excluding NO2 is 1. The van der Waals surface area contributed by atoms with Crippen molar-refractivity contribution in [3.05, 3.63) is 75.3 Å². The van der Waals surface area contributed by atoms with Gasteiger partial charge in [0, 0.05) is 38.7 Å². The van der Waals surface area contributed by atoms with Crippen LogP contribution in [0.4, 0.5) is 24.5 Å². The summed E-state index contributed by atoms with van der Waals surface area (Å²) in [5.41, 5.74) is 0.845. The van der Waals surface area contributed by atoms with Crippen molar-refractivity contribution in [2.24, 2.45) is 5.18 Å². The number of aromatic nitrogens is 3. The zero-order valence-electron chi connectivity index (χ0n) is 20.3. The lowest BCUT2D eigenvalue weighted by Gasteiger charge is -2.35. The normalized spacial score (nSPS) is 20.0. The molecular weight excluding hydrogens is 521 g/mol. The Bertz CT molecular complexity index is 1330. The summed E-state index contributed by atoms with van der Waals surface area (Å²) in [6.07, 6.45) is 2.43. The monoisotopic (exact) mass is 546 g/mol. The van der Waals surface area contributed by atoms with Crippen molar-refractivity contribution < 1.29 is 17.9 Å². The van der Waals surface area contributed by atoms with Gasteiger partial charge in [-0.05, 0) is 42.3 Å². The third-order valence-electron chi connectivity index (χ3n) is 6.50. The molecule has 200 valence electrons. The van der Waals surface area contributed by atoms with Crippen LogP contribution in [-0.2, 0) is 5.75 Å². The van der Waals surface area contributed by atoms with Crippen molar-refractivity contribution in [2.75, 3.05) is 31.1 Å². The smallest absolute Gasteiger partial charge is 0.316 e. The molecule has 0 N–H and O–H groups in total. The van der Waals surface area contributed by atoms with Crippen LogP contribution in [0.1, 0.15) is 25.0 Å². The molecule has 2 atom stereocenters. The molecule has 13 heteroatoms. The standard InChI is InChI=1S/C25H25F3N6O3S/c26-16-1-4-22(12-16)37-24-23(14-30-34(25(24)35)21-10-17(27)9-18(28)11-21)32-5-7-33(8-6-32)38-15-20-3-2-19(31-36)13-29-20/h2-3,9-11,13-14,16,22H,1,4-8,12,15H2. The molecular formula is C25H25F3N6O3S. The molecule has 0 bridgehead atoms. The first-order valence-corrected chi connectivity index (χ1v) is 13.1. The first kappa shape index (κ1) is 26.2. The number of nitrogens with zero attached hydrogens (tertiary/aromatic N) is 6. The van der Waals surface area contributed by atoms with E-state index >= 15 is 0 Å². The summed E-state index contributed by atoms with van der Waals surface area (Å²) >= 11 is 1.61. The number of rotatable bonds is 8. The van der Waals surface area contributed by atoms with E-state index in [4.69, 9.17) is 4.74 Å². The van der Waals surface area contributed by atoms with Crippen LogP contribution < -0.4 is 15.2 Å². The van der Waals surface area contributed by atoms with Gasteiger partial charge in [0.1, 0.15) is 35.3 Å². The van der Waals surface area contributed by atoms with E-state index in [9.17, 15) is 22.9 Å². The van der Waals surface area contributed by atoms with Crippen LogP contribution in [-0.4, -0.2) is 57.5 Å². The SMILES string of the molecule is O=Nc1ccc(CSN2CCN(c3cnn(-c4cc(F)cc(F)c4)c(=O)c3OC3CCC(F)C3)CC2)nc1. The quantitative estimate of drug-likeness (QED) is 0.300. The summed E-state index contributed by atoms with van der Waals surface area (Å²) in [6, 6.07) is 6.13. The fraction of sp³-hybridized carbons (Fsp3) is 0.400. The number of ether oxygens (including phenoxy) is 1. The van der Waals surface area contributed by atoms with E-state index < -0.39 is 29.5 Å². The second kappa shape index (κ2) is 11.5. The maximum Gasteiger partial charge on any atom is 0.316 e. The van der Waals surface area contributed by atoms with Crippen LogP contribution in [0.15, 0.2) is 52.7 Å². The lowest BCUT2D eigenvalue weighted by molar-refractivity contribution is 0.193. The molecule has 2 aliphatic rings. The Morgan fingerprint density at radius 3 is 2.45 bits per heavy atom. The molecule has 1 saturated carbocycles. The van der Waals surface area contributed by atoms with Crippen molar-refractivity contribution in [3.63, 3.8) is 0 Å². The molecule has 9 nitrogen and oxygen atoms in total. The highest BCUT2D eigenvalue weighted by Gasteiger charge is 2.30. The van der Waals surface area contributed by atoms with Crippen LogP contribution in [0.25, 0.3) is 5.69 Å². The van der Waals surface area contributed by atoms with Crippen LogP contribution >= 0.6 is 11.9 Å². The van der Waals surface area contributed by atoms with E-state index in [-0.39, 0.29) is 23.5 Å². The van der Waals surface area contributed by atoms with E-state index in [1.165, 1.54) is 12.4 Å². The maximum absolute atomic E-state index is 13.8. The Morgan fingerprint density at radius 2 is 1.82 bits per heavy atom. The number of alkyl halides is 1. The van der Waals surface area contributed by atoms with Gasteiger partial charge in [-0.15, -0.1) is 4.91 Å². The van der Waals surface area contributed by atoms with Crippen LogP contribution in [0, 0.1) is 16.5 Å². The molecule has 5 rings (SSSR count). The van der Waals surface area contributed by atoms with Gasteiger partial charge < -0.3 is 9.64 Å². The van der Waals surface area contributed by atoms with Crippen LogP contribution in [0.5, 0.6) is 5.75 Å². The van der Waals surface area contributed by atoms with Crippen molar-refractivity contribution in [1.29, 1.82) is 0 Å². The van der Waals surface area contributed by atoms with Crippen LogP contribution in [0.3, 0.4) is 0 Å². The highest BCUT2D eigenvalue weighted by atomic mass is 32.2. The van der Waals surface area contributed by atoms with Gasteiger partial charge in [0.15, 0.2) is 0 Å². The number of hydrogen-bond donors (Lipinski definition) is 0. The highest BCUT2D eigenvalue weighted by molar-refractivity contribution is 7.96. The predicted molar refractivity (Wildman–Crippen MR) is 138 cm³/mol. The van der Waals surface area contributed by atoms with E-state index in [1.807, 2.05) is 4.90 Å². The molecule has 1 aliphatic heterocycles. The second-order valence-corrected chi connectivity index (χ2v) is 10.2. The predicted octanol–water partition coefficient (Wildman–Crippen LogP) is 4.54. The largest absolute Gasteiger partial charge is 0.483 e. The molecule has 0 amide bonds. The number of hydrogen-bond acceptors (Lipinski definition) is 9. The number of piperazine rings is 1. The minimum absolute atomic E-state index is 0.00190. The average Bonchev–Trinajstić information content (AvgIpc) is 3.33. The summed E-state index contributed by atoms with van der Waals surface area (Å²) in [5.74, 6) is -1.05. The number of pyridine rings is 1. The van der Waals surface area contributed by atoms with E-state index in [0.29, 0.717) is 56.5 Å². The van der Waals surface area contributed by atoms with Crippen molar-refractivity contribution in [2.45, 2.75) is 37.3 Å². The average molecular weight is 547 g/mol. The molecule has 2 fully saturated rings. The molecule has 0 spiro atoms.